The number of amides is 1. The minimum Gasteiger partial charge on any atom is -0.503 e. The van der Waals surface area contributed by atoms with E-state index in [1.165, 1.54) is 0 Å². The van der Waals surface area contributed by atoms with E-state index in [2.05, 4.69) is 20.4 Å². The van der Waals surface area contributed by atoms with Gasteiger partial charge in [0, 0.05) is 44.8 Å². The molecule has 1 N–H and O–H groups in total. The highest BCUT2D eigenvalue weighted by atomic mass is 19.1. The molecule has 5 rings (SSSR count). The van der Waals surface area contributed by atoms with Gasteiger partial charge in [-0.3, -0.25) is 9.69 Å². The fourth-order valence-corrected chi connectivity index (χ4v) is 4.77. The molecule has 0 saturated carbocycles. The molecule has 10 nitrogen and oxygen atoms in total. The van der Waals surface area contributed by atoms with Crippen molar-refractivity contribution in [2.45, 2.75) is 40.2 Å². The van der Waals surface area contributed by atoms with Gasteiger partial charge < -0.3 is 10.0 Å². The third kappa shape index (κ3) is 4.88. The molecule has 0 bridgehead atoms. The van der Waals surface area contributed by atoms with E-state index in [0.717, 1.165) is 29.1 Å². The number of aromatic hydroxyl groups is 1. The highest BCUT2D eigenvalue weighted by molar-refractivity contribution is 5.76. The summed E-state index contributed by atoms with van der Waals surface area (Å²) in [6, 6.07) is 5.97. The second kappa shape index (κ2) is 9.85. The van der Waals surface area contributed by atoms with E-state index in [-0.39, 0.29) is 5.91 Å². The van der Waals surface area contributed by atoms with Crippen molar-refractivity contribution in [3.05, 3.63) is 64.2 Å². The summed E-state index contributed by atoms with van der Waals surface area (Å²) in [5, 5.41) is 26.6. The van der Waals surface area contributed by atoms with Crippen molar-refractivity contribution in [1.29, 1.82) is 0 Å². The van der Waals surface area contributed by atoms with Crippen LogP contribution < -0.4 is 0 Å². The fraction of sp³-hybridized carbons (Fsp3) is 0.400. The Morgan fingerprint density at radius 1 is 1.00 bits per heavy atom. The number of aromatic nitrogens is 6. The van der Waals surface area contributed by atoms with Gasteiger partial charge in [-0.2, -0.15) is 9.61 Å². The summed E-state index contributed by atoms with van der Waals surface area (Å²) >= 11 is 0. The van der Waals surface area contributed by atoms with Gasteiger partial charge in [-0.15, -0.1) is 15.3 Å². The van der Waals surface area contributed by atoms with Crippen LogP contribution in [0.15, 0.2) is 24.3 Å². The van der Waals surface area contributed by atoms with E-state index >= 15 is 0 Å². The summed E-state index contributed by atoms with van der Waals surface area (Å²) in [5.41, 5.74) is 3.91. The molecule has 12 heteroatoms. The number of nitrogens with zero attached hydrogens (tertiary/aromatic N) is 8. The molecule has 0 atom stereocenters. The number of phenols is 1. The zero-order valence-corrected chi connectivity index (χ0v) is 20.9. The lowest BCUT2D eigenvalue weighted by atomic mass is 10.1. The third-order valence-electron chi connectivity index (χ3n) is 6.86. The Balaban J connectivity index is 1.19. The second-order valence-electron chi connectivity index (χ2n) is 9.33. The van der Waals surface area contributed by atoms with Crippen LogP contribution >= 0.6 is 0 Å². The van der Waals surface area contributed by atoms with Crippen molar-refractivity contribution in [3.63, 3.8) is 0 Å². The van der Waals surface area contributed by atoms with Gasteiger partial charge in [-0.25, -0.2) is 13.5 Å². The van der Waals surface area contributed by atoms with Crippen LogP contribution in [0.5, 0.6) is 5.75 Å². The highest BCUT2D eigenvalue weighted by Crippen LogP contribution is 2.23. The van der Waals surface area contributed by atoms with Crippen molar-refractivity contribution < 1.29 is 18.7 Å². The lowest BCUT2D eigenvalue weighted by molar-refractivity contribution is -0.133. The van der Waals surface area contributed by atoms with E-state index in [4.69, 9.17) is 0 Å². The van der Waals surface area contributed by atoms with E-state index < -0.39 is 17.4 Å². The molecule has 4 heterocycles. The Kier molecular flexibility index (Phi) is 6.59. The van der Waals surface area contributed by atoms with Crippen molar-refractivity contribution in [2.75, 3.05) is 26.2 Å². The van der Waals surface area contributed by atoms with E-state index in [1.54, 1.807) is 9.20 Å². The maximum atomic E-state index is 13.6. The Hall–Kier alpha value is -3.93. The molecule has 4 aromatic rings. The number of hydrogen-bond donors (Lipinski definition) is 1. The molecule has 1 fully saturated rings. The van der Waals surface area contributed by atoms with Gasteiger partial charge in [0.05, 0.1) is 5.69 Å². The normalized spacial score (nSPS) is 14.6. The molecule has 3 aromatic heterocycles. The van der Waals surface area contributed by atoms with Gasteiger partial charge in [0.25, 0.3) is 0 Å². The first-order valence-electron chi connectivity index (χ1n) is 12.1. The molecule has 0 spiro atoms. The van der Waals surface area contributed by atoms with Crippen LogP contribution in [0.25, 0.3) is 11.5 Å². The first-order valence-corrected chi connectivity index (χ1v) is 12.1. The number of fused-ring (bicyclic) bond motifs is 1. The minimum absolute atomic E-state index is 0.0626. The lowest BCUT2D eigenvalue weighted by Gasteiger charge is -2.35. The number of phenolic OH excluding ortho intramolecular Hbond substituents is 1. The molecule has 1 aliphatic heterocycles. The maximum absolute atomic E-state index is 13.6. The molecule has 1 aromatic carbocycles. The van der Waals surface area contributed by atoms with Crippen LogP contribution in [0, 0.1) is 32.4 Å². The number of hydrogen-bond acceptors (Lipinski definition) is 7. The molecule has 1 saturated heterocycles. The van der Waals surface area contributed by atoms with Crippen LogP contribution in [0.3, 0.4) is 0 Å². The van der Waals surface area contributed by atoms with Gasteiger partial charge in [0.1, 0.15) is 0 Å². The summed E-state index contributed by atoms with van der Waals surface area (Å²) in [4.78, 5) is 16.8. The van der Waals surface area contributed by atoms with Gasteiger partial charge in [-0.1, -0.05) is 0 Å². The standard InChI is InChI=1S/C25H28F2N8O2/c1-15-19(16(2)34(30-15)23-6-5-22-29-28-17(3)35(22)31-23)4-7-24(36)33-10-8-32(9-11-33)14-18-12-20(26)25(37)21(27)13-18/h5-6,12-13,37H,4,7-11,14H2,1-3H3. The third-order valence-corrected chi connectivity index (χ3v) is 6.86. The van der Waals surface area contributed by atoms with Crippen molar-refractivity contribution in [2.24, 2.45) is 0 Å². The average Bonchev–Trinajstić information content (AvgIpc) is 3.39. The summed E-state index contributed by atoms with van der Waals surface area (Å²) in [6.07, 6.45) is 0.926. The second-order valence-corrected chi connectivity index (χ2v) is 9.33. The van der Waals surface area contributed by atoms with Crippen LogP contribution in [0.1, 0.15) is 34.8 Å². The number of halogens is 2. The number of piperazine rings is 1. The molecule has 1 aliphatic rings. The number of aryl methyl sites for hydroxylation is 2. The zero-order valence-electron chi connectivity index (χ0n) is 20.9. The molecular weight excluding hydrogens is 482 g/mol. The molecule has 194 valence electrons. The number of carbonyl (C=O) groups is 1. The maximum Gasteiger partial charge on any atom is 0.222 e. The van der Waals surface area contributed by atoms with Crippen LogP contribution in [-0.4, -0.2) is 76.6 Å². The Bertz CT molecular complexity index is 1450. The van der Waals surface area contributed by atoms with Crippen LogP contribution in [-0.2, 0) is 17.8 Å². The quantitative estimate of drug-likeness (QED) is 0.425. The average molecular weight is 511 g/mol. The first-order chi connectivity index (χ1) is 17.7. The number of carbonyl (C=O) groups excluding carboxylic acids is 1. The van der Waals surface area contributed by atoms with Crippen LogP contribution in [0.4, 0.5) is 8.78 Å². The lowest BCUT2D eigenvalue weighted by Crippen LogP contribution is -2.48. The monoisotopic (exact) mass is 510 g/mol. The Morgan fingerprint density at radius 3 is 2.41 bits per heavy atom. The summed E-state index contributed by atoms with van der Waals surface area (Å²) in [5.74, 6) is -1.50. The van der Waals surface area contributed by atoms with Gasteiger partial charge in [0.2, 0.25) is 5.91 Å². The molecule has 0 radical (unpaired) electrons. The SMILES string of the molecule is Cc1nn(-c2ccc3nnc(C)n3n2)c(C)c1CCC(=O)N1CCN(Cc2cc(F)c(O)c(F)c2)CC1. The van der Waals surface area contributed by atoms with Crippen molar-refractivity contribution >= 4 is 11.6 Å². The number of benzene rings is 1. The molecule has 1 amide bonds. The molecule has 0 aliphatic carbocycles. The van der Waals surface area contributed by atoms with Gasteiger partial charge in [0.15, 0.2) is 34.7 Å². The predicted molar refractivity (Wildman–Crippen MR) is 130 cm³/mol. The van der Waals surface area contributed by atoms with Crippen LogP contribution in [0.2, 0.25) is 0 Å². The number of rotatable bonds is 6. The summed E-state index contributed by atoms with van der Waals surface area (Å²) in [7, 11) is 0. The van der Waals surface area contributed by atoms with Crippen molar-refractivity contribution in [3.8, 4) is 11.6 Å². The Morgan fingerprint density at radius 2 is 1.70 bits per heavy atom. The topological polar surface area (TPSA) is 105 Å². The largest absolute Gasteiger partial charge is 0.503 e. The first kappa shape index (κ1) is 24.8. The Labute approximate surface area is 212 Å². The van der Waals surface area contributed by atoms with Crippen molar-refractivity contribution in [1.82, 2.24) is 39.4 Å². The zero-order chi connectivity index (χ0) is 26.3. The van der Waals surface area contributed by atoms with Gasteiger partial charge in [-0.05, 0) is 62.6 Å². The van der Waals surface area contributed by atoms with E-state index in [1.807, 2.05) is 42.7 Å². The smallest absolute Gasteiger partial charge is 0.222 e. The van der Waals surface area contributed by atoms with Gasteiger partial charge >= 0.3 is 0 Å². The molecular formula is C25H28F2N8O2. The highest BCUT2D eigenvalue weighted by Gasteiger charge is 2.23. The summed E-state index contributed by atoms with van der Waals surface area (Å²) in [6.45, 7) is 8.37. The van der Waals surface area contributed by atoms with E-state index in [9.17, 15) is 18.7 Å². The predicted octanol–water partition coefficient (Wildman–Crippen LogP) is 2.50. The molecule has 0 unspecified atom stereocenters. The summed E-state index contributed by atoms with van der Waals surface area (Å²) < 4.78 is 30.7. The fourth-order valence-electron chi connectivity index (χ4n) is 4.77. The molecule has 37 heavy (non-hydrogen) atoms. The minimum atomic E-state index is -0.970. The van der Waals surface area contributed by atoms with E-state index in [0.29, 0.717) is 68.4 Å².